The molecular formula is C10H15N3. The Morgan fingerprint density at radius 3 is 2.85 bits per heavy atom. The normalized spacial score (nSPS) is 12.2. The Hall–Kier alpha value is -1.43. The number of hydrogen-bond donors (Lipinski definition) is 1. The third-order valence-corrected chi connectivity index (χ3v) is 2.05. The van der Waals surface area contributed by atoms with Crippen molar-refractivity contribution in [2.24, 2.45) is 7.05 Å². The maximum absolute atomic E-state index is 5.33. The highest BCUT2D eigenvalue weighted by atomic mass is 15.3. The second kappa shape index (κ2) is 3.99. The highest BCUT2D eigenvalue weighted by Gasteiger charge is 2.04. The number of nitrogens with zero attached hydrogens (tertiary/aromatic N) is 2. The number of anilines is 1. The molecule has 1 N–H and O–H groups in total. The van der Waals surface area contributed by atoms with Gasteiger partial charge in [0, 0.05) is 18.8 Å². The van der Waals surface area contributed by atoms with Crippen LogP contribution in [-0.2, 0) is 7.05 Å². The predicted octanol–water partition coefficient (Wildman–Crippen LogP) is 1.55. The van der Waals surface area contributed by atoms with Gasteiger partial charge in [0.05, 0.1) is 6.04 Å². The van der Waals surface area contributed by atoms with Gasteiger partial charge in [-0.3, -0.25) is 4.68 Å². The molecule has 0 aliphatic rings. The van der Waals surface area contributed by atoms with Gasteiger partial charge < -0.3 is 5.32 Å². The third kappa shape index (κ3) is 2.25. The number of rotatable bonds is 3. The van der Waals surface area contributed by atoms with Gasteiger partial charge in [0.2, 0.25) is 0 Å². The number of nitrogens with one attached hydrogen (secondary N) is 1. The fourth-order valence-corrected chi connectivity index (χ4v) is 1.07. The van der Waals surface area contributed by atoms with Crippen molar-refractivity contribution in [1.29, 1.82) is 0 Å². The van der Waals surface area contributed by atoms with Crippen LogP contribution in [0.2, 0.25) is 0 Å². The largest absolute Gasteiger partial charge is 0.355 e. The molecule has 0 aliphatic carbocycles. The lowest BCUT2D eigenvalue weighted by Crippen LogP contribution is -2.16. The van der Waals surface area contributed by atoms with Gasteiger partial charge in [-0.1, -0.05) is 12.8 Å². The average Bonchev–Trinajstić information content (AvgIpc) is 2.42. The van der Waals surface area contributed by atoms with E-state index in [2.05, 4.69) is 16.3 Å². The topological polar surface area (TPSA) is 29.9 Å². The zero-order valence-electron chi connectivity index (χ0n) is 8.33. The molecule has 0 spiro atoms. The second-order valence-electron chi connectivity index (χ2n) is 3.07. The second-order valence-corrected chi connectivity index (χ2v) is 3.07. The third-order valence-electron chi connectivity index (χ3n) is 2.05. The van der Waals surface area contributed by atoms with Crippen molar-refractivity contribution < 1.29 is 0 Å². The lowest BCUT2D eigenvalue weighted by atomic mass is 10.2. The Morgan fingerprint density at radius 2 is 2.46 bits per heavy atom. The molecule has 3 nitrogen and oxygen atoms in total. The Balaban J connectivity index is 2.69. The number of aryl methyl sites for hydroxylation is 2. The minimum atomic E-state index is 0.0781. The van der Waals surface area contributed by atoms with Gasteiger partial charge in [-0.25, -0.2) is 0 Å². The maximum Gasteiger partial charge on any atom is 0.149 e. The fraction of sp³-hybridized carbons (Fsp3) is 0.500. The van der Waals surface area contributed by atoms with E-state index in [1.807, 2.05) is 31.6 Å². The van der Waals surface area contributed by atoms with Gasteiger partial charge in [0.15, 0.2) is 0 Å². The summed E-state index contributed by atoms with van der Waals surface area (Å²) in [5, 5.41) is 7.43. The van der Waals surface area contributed by atoms with Crippen LogP contribution in [0.5, 0.6) is 0 Å². The highest BCUT2D eigenvalue weighted by molar-refractivity contribution is 5.38. The number of aromatic nitrogens is 2. The zero-order valence-corrected chi connectivity index (χ0v) is 8.33. The van der Waals surface area contributed by atoms with Crippen LogP contribution in [-0.4, -0.2) is 15.8 Å². The molecule has 13 heavy (non-hydrogen) atoms. The minimum Gasteiger partial charge on any atom is -0.355 e. The van der Waals surface area contributed by atoms with E-state index in [4.69, 9.17) is 6.42 Å². The van der Waals surface area contributed by atoms with Crippen LogP contribution in [0, 0.1) is 19.3 Å². The summed E-state index contributed by atoms with van der Waals surface area (Å²) in [5.74, 6) is 3.52. The van der Waals surface area contributed by atoms with E-state index in [1.165, 1.54) is 0 Å². The summed E-state index contributed by atoms with van der Waals surface area (Å²) in [5.41, 5.74) is 1.12. The van der Waals surface area contributed by atoms with Crippen LogP contribution in [0.25, 0.3) is 0 Å². The quantitative estimate of drug-likeness (QED) is 0.710. The summed E-state index contributed by atoms with van der Waals surface area (Å²) in [6.07, 6.45) is 6.24. The molecule has 1 aromatic heterocycles. The monoisotopic (exact) mass is 177 g/mol. The van der Waals surface area contributed by atoms with Crippen molar-refractivity contribution >= 4 is 5.82 Å². The molecule has 0 amide bonds. The highest BCUT2D eigenvalue weighted by Crippen LogP contribution is 2.08. The van der Waals surface area contributed by atoms with E-state index in [9.17, 15) is 0 Å². The first kappa shape index (κ1) is 9.66. The summed E-state index contributed by atoms with van der Waals surface area (Å²) >= 11 is 0. The molecule has 0 fully saturated rings. The van der Waals surface area contributed by atoms with Crippen LogP contribution in [0.4, 0.5) is 5.82 Å². The van der Waals surface area contributed by atoms with Crippen molar-refractivity contribution in [3.8, 4) is 12.3 Å². The first-order valence-corrected chi connectivity index (χ1v) is 4.40. The van der Waals surface area contributed by atoms with Gasteiger partial charge in [0.25, 0.3) is 0 Å². The molecule has 0 saturated heterocycles. The van der Waals surface area contributed by atoms with Gasteiger partial charge in [-0.2, -0.15) is 5.10 Å². The van der Waals surface area contributed by atoms with Gasteiger partial charge in [-0.05, 0) is 13.3 Å². The van der Waals surface area contributed by atoms with Crippen molar-refractivity contribution in [3.63, 3.8) is 0 Å². The van der Waals surface area contributed by atoms with E-state index < -0.39 is 0 Å². The van der Waals surface area contributed by atoms with E-state index in [-0.39, 0.29) is 6.04 Å². The molecule has 1 rings (SSSR count). The molecule has 1 atom stereocenters. The van der Waals surface area contributed by atoms with E-state index in [0.717, 1.165) is 17.9 Å². The number of terminal acetylenes is 1. The summed E-state index contributed by atoms with van der Waals surface area (Å²) in [7, 11) is 1.91. The number of hydrogen-bond acceptors (Lipinski definition) is 2. The van der Waals surface area contributed by atoms with Gasteiger partial charge in [0.1, 0.15) is 5.82 Å². The molecule has 0 saturated carbocycles. The Labute approximate surface area is 79.1 Å². The van der Waals surface area contributed by atoms with Crippen molar-refractivity contribution in [1.82, 2.24) is 9.78 Å². The molecule has 0 bridgehead atoms. The zero-order chi connectivity index (χ0) is 9.84. The van der Waals surface area contributed by atoms with Crippen molar-refractivity contribution in [2.75, 3.05) is 5.32 Å². The first-order chi connectivity index (χ1) is 6.17. The van der Waals surface area contributed by atoms with Gasteiger partial charge in [-0.15, -0.1) is 6.42 Å². The van der Waals surface area contributed by atoms with Crippen LogP contribution in [0.1, 0.15) is 19.0 Å². The molecule has 3 heteroatoms. The van der Waals surface area contributed by atoms with Crippen molar-refractivity contribution in [2.45, 2.75) is 26.3 Å². The maximum atomic E-state index is 5.33. The average molecular weight is 177 g/mol. The molecule has 0 aromatic carbocycles. The van der Waals surface area contributed by atoms with Crippen LogP contribution < -0.4 is 5.32 Å². The fourth-order valence-electron chi connectivity index (χ4n) is 1.07. The molecule has 1 heterocycles. The molecule has 70 valence electrons. The molecule has 1 aromatic rings. The molecule has 0 radical (unpaired) electrons. The standard InChI is InChI=1S/C10H15N3/c1-5-9(6-2)11-10-7-8(3)13(4)12-10/h1,7,9H,6H2,2-4H3,(H,11,12). The summed E-state index contributed by atoms with van der Waals surface area (Å²) in [4.78, 5) is 0. The predicted molar refractivity (Wildman–Crippen MR) is 54.5 cm³/mol. The van der Waals surface area contributed by atoms with Crippen LogP contribution in [0.3, 0.4) is 0 Å². The Bertz CT molecular complexity index is 300. The summed E-state index contributed by atoms with van der Waals surface area (Å²) < 4.78 is 1.82. The SMILES string of the molecule is C#CC(CC)Nc1cc(C)n(C)n1. The van der Waals surface area contributed by atoms with Gasteiger partial charge >= 0.3 is 0 Å². The molecule has 1 unspecified atom stereocenters. The van der Waals surface area contributed by atoms with Crippen LogP contribution >= 0.6 is 0 Å². The molecular weight excluding hydrogens is 162 g/mol. The summed E-state index contributed by atoms with van der Waals surface area (Å²) in [6.45, 7) is 4.06. The lowest BCUT2D eigenvalue weighted by Gasteiger charge is -2.08. The van der Waals surface area contributed by atoms with E-state index >= 15 is 0 Å². The Morgan fingerprint density at radius 1 is 1.77 bits per heavy atom. The van der Waals surface area contributed by atoms with E-state index in [0.29, 0.717) is 0 Å². The Kier molecular flexibility index (Phi) is 2.97. The summed E-state index contributed by atoms with van der Waals surface area (Å²) in [6, 6.07) is 2.06. The first-order valence-electron chi connectivity index (χ1n) is 4.40. The smallest absolute Gasteiger partial charge is 0.149 e. The minimum absolute atomic E-state index is 0.0781. The van der Waals surface area contributed by atoms with E-state index in [1.54, 1.807) is 0 Å². The van der Waals surface area contributed by atoms with Crippen LogP contribution in [0.15, 0.2) is 6.07 Å². The lowest BCUT2D eigenvalue weighted by molar-refractivity contribution is 0.736. The van der Waals surface area contributed by atoms with Crippen molar-refractivity contribution in [3.05, 3.63) is 11.8 Å². The molecule has 0 aliphatic heterocycles.